The molecule has 2 aliphatic rings. The molecule has 0 spiro atoms. The number of hydrogen-bond donors (Lipinski definition) is 2. The summed E-state index contributed by atoms with van der Waals surface area (Å²) in [5.74, 6) is 1.35. The van der Waals surface area contributed by atoms with Gasteiger partial charge in [-0.2, -0.15) is 4.98 Å². The number of carbonyl (C=O) groups is 2. The van der Waals surface area contributed by atoms with Crippen LogP contribution in [0.3, 0.4) is 0 Å². The average Bonchev–Trinajstić information content (AvgIpc) is 3.20. The fourth-order valence-corrected chi connectivity index (χ4v) is 3.76. The third-order valence-electron chi connectivity index (χ3n) is 5.62. The predicted molar refractivity (Wildman–Crippen MR) is 107 cm³/mol. The van der Waals surface area contributed by atoms with Gasteiger partial charge in [0.05, 0.1) is 6.04 Å². The third kappa shape index (κ3) is 3.98. The number of hydrogen-bond acceptors (Lipinski definition) is 7. The summed E-state index contributed by atoms with van der Waals surface area (Å²) >= 11 is 0. The molecule has 2 amide bonds. The first-order valence-corrected chi connectivity index (χ1v) is 9.77. The molecule has 2 N–H and O–H groups in total. The van der Waals surface area contributed by atoms with E-state index in [2.05, 4.69) is 15.5 Å². The lowest BCUT2D eigenvalue weighted by atomic mass is 9.97. The molecule has 1 aromatic carbocycles. The molecule has 0 unspecified atom stereocenters. The standard InChI is InChI=1S/C20H24N6O3/c1-13(28)26-10-17(11-26)22-18-8-15(2-3-16(18)9-21)19-23-20(29-24-19)14-4-6-25(12-27)7-5-14/h2-3,8-9,12,14,17,21-22H,4-7,10-11H2,1H3. The van der Waals surface area contributed by atoms with Gasteiger partial charge in [0.2, 0.25) is 24.0 Å². The van der Waals surface area contributed by atoms with E-state index in [1.54, 1.807) is 16.7 Å². The zero-order valence-corrected chi connectivity index (χ0v) is 16.3. The van der Waals surface area contributed by atoms with Crippen molar-refractivity contribution in [2.45, 2.75) is 31.7 Å². The van der Waals surface area contributed by atoms with Crippen LogP contribution < -0.4 is 5.32 Å². The first-order chi connectivity index (χ1) is 14.1. The Kier molecular flexibility index (Phi) is 5.28. The molecule has 0 bridgehead atoms. The summed E-state index contributed by atoms with van der Waals surface area (Å²) in [4.78, 5) is 30.3. The zero-order chi connectivity index (χ0) is 20.4. The lowest BCUT2D eigenvalue weighted by Crippen LogP contribution is -2.56. The molecule has 0 atom stereocenters. The molecule has 2 saturated heterocycles. The van der Waals surface area contributed by atoms with Crippen molar-refractivity contribution in [1.29, 1.82) is 5.41 Å². The summed E-state index contributed by atoms with van der Waals surface area (Å²) in [5, 5.41) is 15.2. The maximum absolute atomic E-state index is 11.4. The molecule has 0 radical (unpaired) electrons. The maximum Gasteiger partial charge on any atom is 0.230 e. The van der Waals surface area contributed by atoms with E-state index in [-0.39, 0.29) is 17.9 Å². The molecule has 9 nitrogen and oxygen atoms in total. The Labute approximate surface area is 168 Å². The molecule has 9 heteroatoms. The van der Waals surface area contributed by atoms with E-state index < -0.39 is 0 Å². The average molecular weight is 396 g/mol. The molecule has 2 fully saturated rings. The van der Waals surface area contributed by atoms with Crippen LogP contribution in [0.15, 0.2) is 22.7 Å². The van der Waals surface area contributed by atoms with Crippen molar-refractivity contribution in [3.05, 3.63) is 29.7 Å². The van der Waals surface area contributed by atoms with Crippen molar-refractivity contribution in [2.24, 2.45) is 0 Å². The van der Waals surface area contributed by atoms with Gasteiger partial charge >= 0.3 is 0 Å². The van der Waals surface area contributed by atoms with Gasteiger partial charge in [-0.25, -0.2) is 0 Å². The summed E-state index contributed by atoms with van der Waals surface area (Å²) in [6.07, 6.45) is 3.81. The maximum atomic E-state index is 11.4. The molecule has 2 aromatic rings. The van der Waals surface area contributed by atoms with Crippen LogP contribution >= 0.6 is 0 Å². The number of anilines is 1. The summed E-state index contributed by atoms with van der Waals surface area (Å²) in [7, 11) is 0. The molecular weight excluding hydrogens is 372 g/mol. The molecule has 3 heterocycles. The van der Waals surface area contributed by atoms with Gasteiger partial charge in [-0.3, -0.25) is 9.59 Å². The molecule has 152 valence electrons. The van der Waals surface area contributed by atoms with Gasteiger partial charge in [-0.15, -0.1) is 0 Å². The number of benzene rings is 1. The van der Waals surface area contributed by atoms with Gasteiger partial charge in [-0.1, -0.05) is 17.3 Å². The van der Waals surface area contributed by atoms with Crippen molar-refractivity contribution < 1.29 is 14.1 Å². The normalized spacial score (nSPS) is 17.7. The van der Waals surface area contributed by atoms with Crippen molar-refractivity contribution in [1.82, 2.24) is 19.9 Å². The number of carbonyl (C=O) groups excluding carboxylic acids is 2. The monoisotopic (exact) mass is 396 g/mol. The van der Waals surface area contributed by atoms with Gasteiger partial charge in [0, 0.05) is 62.0 Å². The van der Waals surface area contributed by atoms with Crippen LogP contribution in [0.25, 0.3) is 11.4 Å². The minimum Gasteiger partial charge on any atom is -0.378 e. The minimum absolute atomic E-state index is 0.0716. The molecule has 0 aliphatic carbocycles. The Morgan fingerprint density at radius 3 is 2.72 bits per heavy atom. The number of aromatic nitrogens is 2. The van der Waals surface area contributed by atoms with Crippen LogP contribution in [0.1, 0.15) is 37.1 Å². The lowest BCUT2D eigenvalue weighted by Gasteiger charge is -2.39. The van der Waals surface area contributed by atoms with Crippen LogP contribution in [0.2, 0.25) is 0 Å². The van der Waals surface area contributed by atoms with Crippen molar-refractivity contribution in [3.63, 3.8) is 0 Å². The topological polar surface area (TPSA) is 115 Å². The fraction of sp³-hybridized carbons (Fsp3) is 0.450. The lowest BCUT2D eigenvalue weighted by molar-refractivity contribution is -0.132. The molecule has 0 saturated carbocycles. The second kappa shape index (κ2) is 8.02. The van der Waals surface area contributed by atoms with E-state index in [1.807, 2.05) is 18.2 Å². The van der Waals surface area contributed by atoms with Crippen LogP contribution in [0.5, 0.6) is 0 Å². The second-order valence-corrected chi connectivity index (χ2v) is 7.58. The van der Waals surface area contributed by atoms with Gasteiger partial charge in [0.1, 0.15) is 0 Å². The highest BCUT2D eigenvalue weighted by molar-refractivity contribution is 5.88. The van der Waals surface area contributed by atoms with Crippen LogP contribution in [-0.4, -0.2) is 70.7 Å². The number of nitrogens with zero attached hydrogens (tertiary/aromatic N) is 4. The Morgan fingerprint density at radius 1 is 1.31 bits per heavy atom. The number of amides is 2. The summed E-state index contributed by atoms with van der Waals surface area (Å²) in [6, 6.07) is 5.81. The number of piperidine rings is 1. The molecule has 4 rings (SSSR count). The van der Waals surface area contributed by atoms with Gasteiger partial charge in [-0.05, 0) is 18.9 Å². The van der Waals surface area contributed by atoms with E-state index in [9.17, 15) is 9.59 Å². The minimum atomic E-state index is 0.0716. The first-order valence-electron chi connectivity index (χ1n) is 9.77. The van der Waals surface area contributed by atoms with Crippen molar-refractivity contribution >= 4 is 24.2 Å². The highest BCUT2D eigenvalue weighted by Gasteiger charge is 2.29. The highest BCUT2D eigenvalue weighted by atomic mass is 16.5. The number of rotatable bonds is 6. The first kappa shape index (κ1) is 19.1. The Morgan fingerprint density at radius 2 is 2.07 bits per heavy atom. The van der Waals surface area contributed by atoms with Gasteiger partial charge in [0.25, 0.3) is 0 Å². The van der Waals surface area contributed by atoms with E-state index in [1.165, 1.54) is 6.21 Å². The number of nitrogens with one attached hydrogen (secondary N) is 2. The van der Waals surface area contributed by atoms with Crippen LogP contribution in [0.4, 0.5) is 5.69 Å². The molecule has 1 aromatic heterocycles. The van der Waals surface area contributed by atoms with E-state index in [0.29, 0.717) is 37.9 Å². The van der Waals surface area contributed by atoms with Crippen molar-refractivity contribution in [3.8, 4) is 11.4 Å². The number of likely N-dealkylation sites (tertiary alicyclic amines) is 2. The molecular formula is C20H24N6O3. The second-order valence-electron chi connectivity index (χ2n) is 7.58. The van der Waals surface area contributed by atoms with E-state index >= 15 is 0 Å². The Balaban J connectivity index is 1.48. The summed E-state index contributed by atoms with van der Waals surface area (Å²) < 4.78 is 5.50. The zero-order valence-electron chi connectivity index (χ0n) is 16.3. The van der Waals surface area contributed by atoms with E-state index in [0.717, 1.165) is 36.1 Å². The Hall–Kier alpha value is -3.23. The molecule has 29 heavy (non-hydrogen) atoms. The van der Waals surface area contributed by atoms with Gasteiger partial charge in [0.15, 0.2) is 0 Å². The van der Waals surface area contributed by atoms with Crippen LogP contribution in [-0.2, 0) is 9.59 Å². The van der Waals surface area contributed by atoms with Crippen LogP contribution in [0, 0.1) is 5.41 Å². The molecule has 2 aliphatic heterocycles. The quantitative estimate of drug-likeness (QED) is 0.567. The smallest absolute Gasteiger partial charge is 0.230 e. The summed E-state index contributed by atoms with van der Waals surface area (Å²) in [5.41, 5.74) is 2.39. The highest BCUT2D eigenvalue weighted by Crippen LogP contribution is 2.30. The van der Waals surface area contributed by atoms with E-state index in [4.69, 9.17) is 9.93 Å². The SMILES string of the molecule is CC(=O)N1CC(Nc2cc(-c3noc(C4CCN(C=O)CC4)n3)ccc2C=N)C1. The third-order valence-corrected chi connectivity index (χ3v) is 5.62. The van der Waals surface area contributed by atoms with Crippen molar-refractivity contribution in [2.75, 3.05) is 31.5 Å². The fourth-order valence-electron chi connectivity index (χ4n) is 3.76. The Bertz CT molecular complexity index is 913. The summed E-state index contributed by atoms with van der Waals surface area (Å²) in [6.45, 7) is 4.28. The predicted octanol–water partition coefficient (Wildman–Crippen LogP) is 1.71. The van der Waals surface area contributed by atoms with Gasteiger partial charge < -0.3 is 25.0 Å². The largest absolute Gasteiger partial charge is 0.378 e.